The fourth-order valence-electron chi connectivity index (χ4n) is 0. The van der Waals surface area contributed by atoms with Gasteiger partial charge in [0.05, 0.1) is 0 Å². The van der Waals surface area contributed by atoms with Gasteiger partial charge in [-0.25, -0.2) is 0 Å². The molecule has 0 bridgehead atoms. The van der Waals surface area contributed by atoms with Crippen LogP contribution in [0.2, 0.25) is 0 Å². The Morgan fingerprint density at radius 1 is 0.833 bits per heavy atom. The van der Waals surface area contributed by atoms with E-state index in [4.69, 9.17) is 17.5 Å². The van der Waals surface area contributed by atoms with Crippen molar-refractivity contribution < 1.29 is 40.9 Å². The first-order valence-electron chi connectivity index (χ1n) is 0.667. The first-order chi connectivity index (χ1) is 2.00. The SMILES string of the molecule is O=S(=O)([O-])[O-].[Cl-].[Mg+2].[Mg+2].[Mg+2].[Mg+2].[O-2].[OH-]. The summed E-state index contributed by atoms with van der Waals surface area (Å²) in [7, 11) is -5.17. The van der Waals surface area contributed by atoms with Crippen molar-refractivity contribution in [3.8, 4) is 0 Å². The van der Waals surface area contributed by atoms with Gasteiger partial charge in [0.1, 0.15) is 0 Å². The predicted octanol–water partition coefficient (Wildman–Crippen LogP) is -6.15. The third-order valence-corrected chi connectivity index (χ3v) is 0. The third-order valence-electron chi connectivity index (χ3n) is 0. The second kappa shape index (κ2) is 29.2. The van der Waals surface area contributed by atoms with Crippen molar-refractivity contribution in [1.82, 2.24) is 0 Å². The van der Waals surface area contributed by atoms with Crippen molar-refractivity contribution in [3.63, 3.8) is 0 Å². The molecule has 0 radical (unpaired) electrons. The molecule has 0 unspecified atom stereocenters. The molecule has 0 aromatic rings. The molecule has 0 fully saturated rings. The molecule has 0 spiro atoms. The molecule has 0 aromatic carbocycles. The van der Waals surface area contributed by atoms with Gasteiger partial charge in [0.2, 0.25) is 0 Å². The predicted molar refractivity (Wildman–Crippen MR) is 36.1 cm³/mol. The first kappa shape index (κ1) is 59.4. The Hall–Kier alpha value is 3.14. The topological polar surface area (TPSA) is 139 Å². The van der Waals surface area contributed by atoms with Crippen molar-refractivity contribution in [1.29, 1.82) is 0 Å². The molecule has 0 aromatic heterocycles. The van der Waals surface area contributed by atoms with Crippen LogP contribution in [0.3, 0.4) is 0 Å². The maximum absolute atomic E-state index is 8.52. The Morgan fingerprint density at radius 2 is 0.833 bits per heavy atom. The number of hydrogen-bond acceptors (Lipinski definition) is 5. The van der Waals surface area contributed by atoms with Gasteiger partial charge in [-0.2, -0.15) is 0 Å². The van der Waals surface area contributed by atoms with E-state index in [1.54, 1.807) is 0 Å². The van der Waals surface area contributed by atoms with E-state index in [-0.39, 0.29) is 116 Å². The molecule has 0 saturated heterocycles. The van der Waals surface area contributed by atoms with Crippen LogP contribution in [0.4, 0.5) is 0 Å². The Balaban J connectivity index is -0.00000000381. The molecule has 0 saturated carbocycles. The molecular weight excluding hydrogens is 261 g/mol. The van der Waals surface area contributed by atoms with E-state index in [1.807, 2.05) is 0 Å². The minimum Gasteiger partial charge on any atom is -2.00 e. The minimum atomic E-state index is -5.17. The molecule has 0 aliphatic heterocycles. The van der Waals surface area contributed by atoms with E-state index in [9.17, 15) is 0 Å². The number of hydrogen-bond donors (Lipinski definition) is 0. The smallest absolute Gasteiger partial charge is 2.00 e. The summed E-state index contributed by atoms with van der Waals surface area (Å²) in [4.78, 5) is 0. The van der Waals surface area contributed by atoms with E-state index in [0.29, 0.717) is 0 Å². The summed E-state index contributed by atoms with van der Waals surface area (Å²) < 4.78 is 34.1. The first-order valence-corrected chi connectivity index (χ1v) is 2.00. The van der Waals surface area contributed by atoms with E-state index in [2.05, 4.69) is 0 Å². The molecule has 0 amide bonds. The maximum atomic E-state index is 8.52. The van der Waals surface area contributed by atoms with E-state index in [1.165, 1.54) is 0 Å². The molecule has 12 heavy (non-hydrogen) atoms. The van der Waals surface area contributed by atoms with Gasteiger partial charge in [-0.05, 0) is 0 Å². The molecular formula is HClMg4O6S+2. The monoisotopic (exact) mass is 260 g/mol. The van der Waals surface area contributed by atoms with Crippen molar-refractivity contribution in [3.05, 3.63) is 0 Å². The van der Waals surface area contributed by atoms with Crippen LogP contribution in [0.15, 0.2) is 0 Å². The van der Waals surface area contributed by atoms with Crippen LogP contribution in [0, 0.1) is 0 Å². The molecule has 6 nitrogen and oxygen atoms in total. The average Bonchev–Trinajstić information content (AvgIpc) is 0.722. The molecule has 0 atom stereocenters. The van der Waals surface area contributed by atoms with Gasteiger partial charge in [-0.1, -0.05) is 0 Å². The summed E-state index contributed by atoms with van der Waals surface area (Å²) in [6.07, 6.45) is 0. The summed E-state index contributed by atoms with van der Waals surface area (Å²) in [5.74, 6) is 0. The van der Waals surface area contributed by atoms with Crippen LogP contribution in [-0.2, 0) is 15.9 Å². The summed E-state index contributed by atoms with van der Waals surface area (Å²) in [6.45, 7) is 0. The van der Waals surface area contributed by atoms with Gasteiger partial charge in [0, 0.05) is 10.4 Å². The maximum Gasteiger partial charge on any atom is 2.00 e. The summed E-state index contributed by atoms with van der Waals surface area (Å²) >= 11 is 0. The third kappa shape index (κ3) is 196. The van der Waals surface area contributed by atoms with Crippen molar-refractivity contribution in [2.75, 3.05) is 0 Å². The average molecular weight is 262 g/mol. The minimum absolute atomic E-state index is 0. The summed E-state index contributed by atoms with van der Waals surface area (Å²) in [6, 6.07) is 0. The Labute approximate surface area is 141 Å². The standard InChI is InChI=1S/ClH.4Mg.H2O4S.H2O.O/c;;;;;1-5(2,3)4;;/h1H;;;;;(H2,1,2,3,4);1H2;/q;4*+2;;;-2/p-4. The molecule has 0 rings (SSSR count). The zero-order valence-corrected chi connectivity index (χ0v) is 13.3. The van der Waals surface area contributed by atoms with Crippen molar-refractivity contribution in [2.24, 2.45) is 0 Å². The molecule has 12 heteroatoms. The van der Waals surface area contributed by atoms with Crippen LogP contribution < -0.4 is 12.4 Å². The van der Waals surface area contributed by atoms with Gasteiger partial charge in [0.15, 0.2) is 0 Å². The Morgan fingerprint density at radius 3 is 0.833 bits per heavy atom. The second-order valence-electron chi connectivity index (χ2n) is 0.408. The zero-order valence-electron chi connectivity index (χ0n) is 6.10. The fraction of sp³-hybridized carbons (Fsp3) is 0. The van der Waals surface area contributed by atoms with Crippen molar-refractivity contribution >= 4 is 103 Å². The molecule has 0 aliphatic rings. The zero-order chi connectivity index (χ0) is 4.50. The van der Waals surface area contributed by atoms with Crippen LogP contribution >= 0.6 is 0 Å². The quantitative estimate of drug-likeness (QED) is 0.242. The van der Waals surface area contributed by atoms with Crippen molar-refractivity contribution in [2.45, 2.75) is 0 Å². The van der Waals surface area contributed by atoms with E-state index < -0.39 is 10.4 Å². The number of rotatable bonds is 0. The van der Waals surface area contributed by atoms with Crippen LogP contribution in [0.25, 0.3) is 0 Å². The van der Waals surface area contributed by atoms with Crippen LogP contribution in [0.1, 0.15) is 0 Å². The van der Waals surface area contributed by atoms with Gasteiger partial charge >= 0.3 is 92.2 Å². The van der Waals surface area contributed by atoms with Gasteiger partial charge in [-0.3, -0.25) is 8.42 Å². The molecule has 0 aliphatic carbocycles. The number of halogens is 1. The van der Waals surface area contributed by atoms with Gasteiger partial charge in [0.25, 0.3) is 0 Å². The molecule has 0 heterocycles. The second-order valence-corrected chi connectivity index (χ2v) is 1.22. The van der Waals surface area contributed by atoms with E-state index in [0.717, 1.165) is 0 Å². The largest absolute Gasteiger partial charge is 2.00 e. The summed E-state index contributed by atoms with van der Waals surface area (Å²) in [5.41, 5.74) is 0. The van der Waals surface area contributed by atoms with Crippen LogP contribution in [0.5, 0.6) is 0 Å². The Kier molecular flexibility index (Phi) is 145. The van der Waals surface area contributed by atoms with Gasteiger partial charge in [-0.15, -0.1) is 0 Å². The molecule has 56 valence electrons. The van der Waals surface area contributed by atoms with Crippen LogP contribution in [-0.4, -0.2) is 115 Å². The van der Waals surface area contributed by atoms with E-state index >= 15 is 0 Å². The fourth-order valence-corrected chi connectivity index (χ4v) is 0. The Bertz CT molecular complexity index is 103. The van der Waals surface area contributed by atoms with Gasteiger partial charge < -0.3 is 32.5 Å². The normalized spacial score (nSPS) is 4.83. The molecule has 1 N–H and O–H groups in total. The summed E-state index contributed by atoms with van der Waals surface area (Å²) in [5, 5.41) is 0.